The fourth-order valence-corrected chi connectivity index (χ4v) is 3.18. The van der Waals surface area contributed by atoms with Gasteiger partial charge in [-0.2, -0.15) is 0 Å². The van der Waals surface area contributed by atoms with E-state index in [2.05, 4.69) is 5.32 Å². The van der Waals surface area contributed by atoms with Crippen LogP contribution in [0.2, 0.25) is 0 Å². The van der Waals surface area contributed by atoms with Gasteiger partial charge in [-0.15, -0.1) is 11.3 Å². The summed E-state index contributed by atoms with van der Waals surface area (Å²) in [7, 11) is 0. The van der Waals surface area contributed by atoms with E-state index < -0.39 is 0 Å². The Morgan fingerprint density at radius 2 is 2.08 bits per heavy atom. The first-order chi connectivity index (χ1) is 12.1. The van der Waals surface area contributed by atoms with Crippen LogP contribution in [0, 0.1) is 0 Å². The highest BCUT2D eigenvalue weighted by Gasteiger charge is 2.15. The van der Waals surface area contributed by atoms with Crippen molar-refractivity contribution in [3.63, 3.8) is 0 Å². The van der Waals surface area contributed by atoms with Crippen molar-refractivity contribution < 1.29 is 18.7 Å². The zero-order valence-electron chi connectivity index (χ0n) is 13.9. The maximum atomic E-state index is 12.0. The van der Waals surface area contributed by atoms with Crippen LogP contribution < -0.4 is 5.32 Å². The third-order valence-corrected chi connectivity index (χ3v) is 4.70. The lowest BCUT2D eigenvalue weighted by molar-refractivity contribution is -0.148. The van der Waals surface area contributed by atoms with Crippen LogP contribution in [0.25, 0.3) is 11.0 Å². The summed E-state index contributed by atoms with van der Waals surface area (Å²) in [6.07, 6.45) is 0.903. The number of para-hydroxylation sites is 1. The summed E-state index contributed by atoms with van der Waals surface area (Å²) >= 11 is 1.60. The van der Waals surface area contributed by atoms with Crippen molar-refractivity contribution in [3.8, 4) is 0 Å². The standard InChI is InChI=1S/C19H19NO4S/c1-13(17-11-14-5-2-3-7-16(14)24-17)20-18(21)12-23-19(22)9-8-15-6-4-10-25-15/h2-7,10-11,13H,8-9,12H2,1H3,(H,20,21)/t13-/m1/s1. The highest BCUT2D eigenvalue weighted by molar-refractivity contribution is 7.09. The number of carbonyl (C=O) groups is 2. The number of furan rings is 1. The average Bonchev–Trinajstić information content (AvgIpc) is 3.27. The highest BCUT2D eigenvalue weighted by Crippen LogP contribution is 2.23. The van der Waals surface area contributed by atoms with Gasteiger partial charge in [-0.1, -0.05) is 24.3 Å². The summed E-state index contributed by atoms with van der Waals surface area (Å²) < 4.78 is 10.7. The van der Waals surface area contributed by atoms with Gasteiger partial charge < -0.3 is 14.5 Å². The number of hydrogen-bond donors (Lipinski definition) is 1. The van der Waals surface area contributed by atoms with Gasteiger partial charge in [-0.3, -0.25) is 9.59 Å². The summed E-state index contributed by atoms with van der Waals surface area (Å²) in [5.74, 6) is -0.0593. The predicted octanol–water partition coefficient (Wildman–Crippen LogP) is 3.85. The second-order valence-corrected chi connectivity index (χ2v) is 6.75. The lowest BCUT2D eigenvalue weighted by atomic mass is 10.2. The first-order valence-electron chi connectivity index (χ1n) is 8.07. The van der Waals surface area contributed by atoms with Crippen LogP contribution in [0.3, 0.4) is 0 Å². The normalized spacial score (nSPS) is 12.0. The molecule has 5 nitrogen and oxygen atoms in total. The minimum atomic E-state index is -0.375. The molecule has 0 bridgehead atoms. The van der Waals surface area contributed by atoms with Crippen LogP contribution in [0.4, 0.5) is 0 Å². The number of ether oxygens (including phenoxy) is 1. The number of nitrogens with one attached hydrogen (secondary N) is 1. The molecule has 0 saturated carbocycles. The van der Waals surface area contributed by atoms with Gasteiger partial charge in [0.2, 0.25) is 0 Å². The molecule has 0 spiro atoms. The minimum Gasteiger partial charge on any atom is -0.459 e. The van der Waals surface area contributed by atoms with E-state index in [0.717, 1.165) is 15.8 Å². The summed E-state index contributed by atoms with van der Waals surface area (Å²) in [5, 5.41) is 5.72. The number of esters is 1. The molecule has 6 heteroatoms. The smallest absolute Gasteiger partial charge is 0.306 e. The molecule has 1 aromatic carbocycles. The van der Waals surface area contributed by atoms with Crippen molar-refractivity contribution in [2.75, 3.05) is 6.61 Å². The molecule has 2 aromatic heterocycles. The molecule has 1 amide bonds. The number of rotatable bonds is 7. The number of fused-ring (bicyclic) bond motifs is 1. The second-order valence-electron chi connectivity index (χ2n) is 5.72. The van der Waals surface area contributed by atoms with Crippen molar-refractivity contribution >= 4 is 34.2 Å². The van der Waals surface area contributed by atoms with E-state index in [4.69, 9.17) is 9.15 Å². The molecule has 0 fully saturated rings. The van der Waals surface area contributed by atoms with E-state index in [9.17, 15) is 9.59 Å². The van der Waals surface area contributed by atoms with Gasteiger partial charge >= 0.3 is 5.97 Å². The average molecular weight is 357 g/mol. The Bertz CT molecular complexity index is 820. The molecule has 1 N–H and O–H groups in total. The van der Waals surface area contributed by atoms with Gasteiger partial charge in [-0.05, 0) is 36.9 Å². The molecule has 0 aliphatic heterocycles. The van der Waals surface area contributed by atoms with Gasteiger partial charge in [0.05, 0.1) is 12.5 Å². The van der Waals surface area contributed by atoms with Crippen LogP contribution in [-0.2, 0) is 20.7 Å². The Hall–Kier alpha value is -2.60. The highest BCUT2D eigenvalue weighted by atomic mass is 32.1. The third kappa shape index (κ3) is 4.70. The molecule has 0 saturated heterocycles. The fourth-order valence-electron chi connectivity index (χ4n) is 2.47. The topological polar surface area (TPSA) is 68.5 Å². The Kier molecular flexibility index (Phi) is 5.50. The monoisotopic (exact) mass is 357 g/mol. The molecule has 130 valence electrons. The molecule has 0 aliphatic rings. The maximum absolute atomic E-state index is 12.0. The third-order valence-electron chi connectivity index (χ3n) is 3.77. The number of aryl methyl sites for hydroxylation is 1. The van der Waals surface area contributed by atoms with Gasteiger partial charge in [0.25, 0.3) is 5.91 Å². The molecule has 25 heavy (non-hydrogen) atoms. The zero-order valence-corrected chi connectivity index (χ0v) is 14.7. The molecule has 2 heterocycles. The molecule has 0 radical (unpaired) electrons. The Morgan fingerprint density at radius 3 is 2.84 bits per heavy atom. The molecule has 3 aromatic rings. The lowest BCUT2D eigenvalue weighted by Crippen LogP contribution is -2.31. The van der Waals surface area contributed by atoms with Crippen molar-refractivity contribution in [1.29, 1.82) is 0 Å². The molecule has 3 rings (SSSR count). The van der Waals surface area contributed by atoms with E-state index in [1.807, 2.05) is 54.8 Å². The van der Waals surface area contributed by atoms with Crippen LogP contribution in [0.5, 0.6) is 0 Å². The minimum absolute atomic E-state index is 0.271. The summed E-state index contributed by atoms with van der Waals surface area (Å²) in [4.78, 5) is 24.8. The number of thiophene rings is 1. The molecule has 1 atom stereocenters. The Labute approximate surface area is 149 Å². The van der Waals surface area contributed by atoms with Gasteiger partial charge in [0.15, 0.2) is 6.61 Å². The lowest BCUT2D eigenvalue weighted by Gasteiger charge is -2.11. The van der Waals surface area contributed by atoms with Crippen LogP contribution >= 0.6 is 11.3 Å². The van der Waals surface area contributed by atoms with Crippen LogP contribution in [0.15, 0.2) is 52.3 Å². The van der Waals surface area contributed by atoms with Gasteiger partial charge in [-0.25, -0.2) is 0 Å². The number of benzene rings is 1. The van der Waals surface area contributed by atoms with Crippen molar-refractivity contribution in [2.24, 2.45) is 0 Å². The maximum Gasteiger partial charge on any atom is 0.306 e. The second kappa shape index (κ2) is 7.98. The van der Waals surface area contributed by atoms with Gasteiger partial charge in [0, 0.05) is 10.3 Å². The SMILES string of the molecule is C[C@@H](NC(=O)COC(=O)CCc1cccs1)c1cc2ccccc2o1. The molecular formula is C19H19NO4S. The Morgan fingerprint density at radius 1 is 1.24 bits per heavy atom. The van der Waals surface area contributed by atoms with E-state index in [1.54, 1.807) is 11.3 Å². The fraction of sp³-hybridized carbons (Fsp3) is 0.263. The first kappa shape index (κ1) is 17.2. The summed E-state index contributed by atoms with van der Waals surface area (Å²) in [6, 6.07) is 13.2. The van der Waals surface area contributed by atoms with Gasteiger partial charge in [0.1, 0.15) is 11.3 Å². The van der Waals surface area contributed by atoms with E-state index in [1.165, 1.54) is 0 Å². The predicted molar refractivity (Wildman–Crippen MR) is 96.4 cm³/mol. The first-order valence-corrected chi connectivity index (χ1v) is 8.95. The van der Waals surface area contributed by atoms with E-state index >= 15 is 0 Å². The molecule has 0 unspecified atom stereocenters. The Balaban J connectivity index is 1.44. The van der Waals surface area contributed by atoms with Crippen molar-refractivity contribution in [3.05, 3.63) is 58.5 Å². The van der Waals surface area contributed by atoms with Crippen LogP contribution in [0.1, 0.15) is 30.0 Å². The summed E-state index contributed by atoms with van der Waals surface area (Å²) in [5.41, 5.74) is 0.776. The number of amides is 1. The zero-order chi connectivity index (χ0) is 17.6. The van der Waals surface area contributed by atoms with E-state index in [-0.39, 0.29) is 30.9 Å². The van der Waals surface area contributed by atoms with Crippen LogP contribution in [-0.4, -0.2) is 18.5 Å². The van der Waals surface area contributed by atoms with E-state index in [0.29, 0.717) is 12.2 Å². The largest absolute Gasteiger partial charge is 0.459 e. The summed E-state index contributed by atoms with van der Waals surface area (Å²) in [6.45, 7) is 1.54. The molecular weight excluding hydrogens is 338 g/mol. The van der Waals surface area contributed by atoms with Crippen molar-refractivity contribution in [1.82, 2.24) is 5.32 Å². The van der Waals surface area contributed by atoms with Crippen molar-refractivity contribution in [2.45, 2.75) is 25.8 Å². The number of hydrogen-bond acceptors (Lipinski definition) is 5. The quantitative estimate of drug-likeness (QED) is 0.652. The number of carbonyl (C=O) groups excluding carboxylic acids is 2. The molecule has 0 aliphatic carbocycles.